The summed E-state index contributed by atoms with van der Waals surface area (Å²) >= 11 is 6.32. The van der Waals surface area contributed by atoms with Gasteiger partial charge in [-0.2, -0.15) is 0 Å². The van der Waals surface area contributed by atoms with Crippen molar-refractivity contribution in [2.45, 2.75) is 105 Å². The number of hydrogen-bond donors (Lipinski definition) is 2. The zero-order chi connectivity index (χ0) is 41.5. The molecule has 0 saturated heterocycles. The first-order chi connectivity index (χ1) is 26.4. The molecule has 0 spiro atoms. The van der Waals surface area contributed by atoms with Crippen LogP contribution in [0.1, 0.15) is 81.6 Å². The van der Waals surface area contributed by atoms with Gasteiger partial charge in [-0.3, -0.25) is 9.59 Å². The van der Waals surface area contributed by atoms with Crippen LogP contribution in [-0.4, -0.2) is 51.5 Å². The highest BCUT2D eigenvalue weighted by atomic mass is 35.5. The van der Waals surface area contributed by atoms with E-state index in [0.717, 1.165) is 5.57 Å². The summed E-state index contributed by atoms with van der Waals surface area (Å²) in [6.07, 6.45) is 13.7. The van der Waals surface area contributed by atoms with Crippen LogP contribution in [0, 0.1) is 23.2 Å². The maximum Gasteiger partial charge on any atom is 0.373 e. The second-order valence-electron chi connectivity index (χ2n) is 16.2. The Morgan fingerprint density at radius 2 is 1.61 bits per heavy atom. The number of hydrogen-bond acceptors (Lipinski definition) is 6. The Bertz CT molecular complexity index is 1820. The largest absolute Gasteiger partial charge is 0.490 e. The van der Waals surface area contributed by atoms with Gasteiger partial charge in [0.1, 0.15) is 12.1 Å². The van der Waals surface area contributed by atoms with Gasteiger partial charge in [0.05, 0.1) is 13.2 Å². The van der Waals surface area contributed by atoms with E-state index in [2.05, 4.69) is 91.8 Å². The Morgan fingerprint density at radius 3 is 2.12 bits per heavy atom. The number of allylic oxidation sites excluding steroid dienone is 4. The minimum Gasteiger partial charge on any atom is -0.490 e. The van der Waals surface area contributed by atoms with Crippen molar-refractivity contribution in [3.8, 4) is 11.8 Å². The summed E-state index contributed by atoms with van der Waals surface area (Å²) in [5.74, 6) is 4.11. The summed E-state index contributed by atoms with van der Waals surface area (Å²) in [5, 5.41) is 8.50. The van der Waals surface area contributed by atoms with Crippen LogP contribution in [0.2, 0.25) is 5.04 Å². The Morgan fingerprint density at radius 1 is 1.00 bits per heavy atom. The van der Waals surface area contributed by atoms with Gasteiger partial charge in [0.25, 0.3) is 14.2 Å². The number of carbonyl (C=O) groups is 3. The van der Waals surface area contributed by atoms with Crippen molar-refractivity contribution in [3.63, 3.8) is 0 Å². The predicted molar refractivity (Wildman–Crippen MR) is 229 cm³/mol. The van der Waals surface area contributed by atoms with Gasteiger partial charge < -0.3 is 24.5 Å². The van der Waals surface area contributed by atoms with Crippen LogP contribution in [0.4, 0.5) is 0 Å². The Hall–Kier alpha value is -4.62. The fraction of sp³-hybridized carbons (Fsp3) is 0.413. The molecule has 56 heavy (non-hydrogen) atoms. The molecule has 2 amide bonds. The van der Waals surface area contributed by atoms with Crippen molar-refractivity contribution >= 4 is 48.1 Å². The van der Waals surface area contributed by atoms with Crippen LogP contribution >= 0.6 is 11.6 Å². The Balaban J connectivity index is 1.71. The second-order valence-corrected chi connectivity index (χ2v) is 21.0. The number of nitrogens with one attached hydrogen (secondary N) is 2. The Labute approximate surface area is 340 Å². The molecule has 0 radical (unpaired) electrons. The summed E-state index contributed by atoms with van der Waals surface area (Å²) < 4.78 is 17.9. The number of rotatable bonds is 15. The van der Waals surface area contributed by atoms with E-state index in [-0.39, 0.29) is 34.8 Å². The van der Waals surface area contributed by atoms with E-state index >= 15 is 0 Å². The fourth-order valence-corrected chi connectivity index (χ4v) is 11.4. The first-order valence-corrected chi connectivity index (χ1v) is 21.4. The zero-order valence-corrected chi connectivity index (χ0v) is 36.3. The van der Waals surface area contributed by atoms with Gasteiger partial charge in [-0.1, -0.05) is 157 Å². The molecule has 0 unspecified atom stereocenters. The number of cyclic esters (lactones) is 1. The van der Waals surface area contributed by atoms with Gasteiger partial charge in [-0.15, -0.1) is 0 Å². The van der Waals surface area contributed by atoms with Crippen molar-refractivity contribution in [1.82, 2.24) is 10.6 Å². The van der Waals surface area contributed by atoms with Gasteiger partial charge in [-0.25, -0.2) is 4.79 Å². The first kappa shape index (κ1) is 45.8. The van der Waals surface area contributed by atoms with Crippen molar-refractivity contribution < 1.29 is 28.3 Å². The van der Waals surface area contributed by atoms with Crippen LogP contribution in [0.5, 0.6) is 0 Å². The molecule has 8 nitrogen and oxygen atoms in total. The van der Waals surface area contributed by atoms with Crippen molar-refractivity contribution in [3.05, 3.63) is 120 Å². The highest BCUT2D eigenvalue weighted by Crippen LogP contribution is 2.38. The third-order valence-electron chi connectivity index (χ3n) is 9.51. The normalized spacial score (nSPS) is 17.3. The molecular weight excluding hydrogens is 740 g/mol. The third kappa shape index (κ3) is 13.3. The molecular formula is C46H59ClN2O6Si. The topological polar surface area (TPSA) is 103 Å². The maximum absolute atomic E-state index is 13.5. The summed E-state index contributed by atoms with van der Waals surface area (Å²) in [5.41, 5.74) is 0.302. The highest BCUT2D eigenvalue weighted by molar-refractivity contribution is 6.99. The standard InChI is InChI=1S/C46H59ClN2O6Si/c1-33(32-34(2)39-29-30-40(53-10)44(52)54-39)20-17-18-26-41(50)49-42(45(4,5)6)43(51)48-31-19-21-36(28-27-35(3)47)55-56(46(7,8)9,37-22-13-11-14-23-37)38-24-15-12-16-25-38/h11-17,19-20,22-25,27,30-32,34,36,39,42H,21,28-29H2,1-10H3,(H,48,51)(H,49,50)/b20-17-,31-19-,33-32+,35-27+/t34-,36+,39-,42+/m0/s1. The molecule has 1 aliphatic heterocycles. The number of esters is 1. The van der Waals surface area contributed by atoms with Gasteiger partial charge in [0.15, 0.2) is 5.76 Å². The van der Waals surface area contributed by atoms with Gasteiger partial charge >= 0.3 is 5.97 Å². The molecule has 4 atom stereocenters. The minimum absolute atomic E-state index is 0.0396. The van der Waals surface area contributed by atoms with Crippen LogP contribution in [0.3, 0.4) is 0 Å². The smallest absolute Gasteiger partial charge is 0.373 e. The molecule has 1 heterocycles. The number of halogens is 1. The van der Waals surface area contributed by atoms with Gasteiger partial charge in [0, 0.05) is 17.4 Å². The summed E-state index contributed by atoms with van der Waals surface area (Å²) in [4.78, 5) is 38.4. The first-order valence-electron chi connectivity index (χ1n) is 19.1. The van der Waals surface area contributed by atoms with E-state index in [9.17, 15) is 14.4 Å². The van der Waals surface area contributed by atoms with Gasteiger partial charge in [-0.05, 0) is 71.8 Å². The molecule has 2 aromatic carbocycles. The molecule has 300 valence electrons. The van der Waals surface area contributed by atoms with Crippen LogP contribution < -0.4 is 21.0 Å². The number of methoxy groups -OCH3 is 1. The minimum atomic E-state index is -2.85. The molecule has 0 bridgehead atoms. The quantitative estimate of drug-likeness (QED) is 0.0820. The average Bonchev–Trinajstić information content (AvgIpc) is 3.14. The molecule has 0 fully saturated rings. The second kappa shape index (κ2) is 21.1. The average molecular weight is 800 g/mol. The molecule has 0 saturated carbocycles. The lowest BCUT2D eigenvalue weighted by atomic mass is 9.86. The summed E-state index contributed by atoms with van der Waals surface area (Å²) in [6.45, 7) is 18.1. The third-order valence-corrected chi connectivity index (χ3v) is 14.8. The SMILES string of the molecule is COC1=CC[C@@H]([C@@H](C)/C=C(C)/C=C\C#CC(=O)N[C@H](C(=O)N/C=C\C[C@H](C/C=C(\C)Cl)O[Si](c2ccccc2)(c2ccccc2)C(C)(C)C)C(C)(C)C)OC1=O. The summed E-state index contributed by atoms with van der Waals surface area (Å²) in [7, 11) is -1.41. The lowest BCUT2D eigenvalue weighted by Gasteiger charge is -2.45. The van der Waals surface area contributed by atoms with Gasteiger partial charge in [0.2, 0.25) is 5.91 Å². The number of carbonyl (C=O) groups excluding carboxylic acids is 3. The number of amides is 2. The highest BCUT2D eigenvalue weighted by Gasteiger charge is 2.51. The molecule has 2 aromatic rings. The molecule has 2 N–H and O–H groups in total. The fourth-order valence-electron chi connectivity index (χ4n) is 6.61. The molecule has 0 aromatic heterocycles. The predicted octanol–water partition coefficient (Wildman–Crippen LogP) is 8.00. The lowest BCUT2D eigenvalue weighted by molar-refractivity contribution is -0.151. The molecule has 10 heteroatoms. The van der Waals surface area contributed by atoms with E-state index < -0.39 is 31.7 Å². The number of ether oxygens (including phenoxy) is 2. The van der Waals surface area contributed by atoms with E-state index in [1.54, 1.807) is 24.4 Å². The van der Waals surface area contributed by atoms with Crippen molar-refractivity contribution in [1.29, 1.82) is 0 Å². The number of benzene rings is 2. The van der Waals surface area contributed by atoms with Crippen LogP contribution in [0.15, 0.2) is 120 Å². The van der Waals surface area contributed by atoms with E-state index in [1.807, 2.05) is 71.9 Å². The lowest BCUT2D eigenvalue weighted by Crippen LogP contribution is -2.67. The Kier molecular flexibility index (Phi) is 17.2. The summed E-state index contributed by atoms with van der Waals surface area (Å²) in [6, 6.07) is 20.1. The molecule has 3 rings (SSSR count). The molecule has 0 aliphatic carbocycles. The maximum atomic E-state index is 13.5. The zero-order valence-electron chi connectivity index (χ0n) is 34.6. The van der Waals surface area contributed by atoms with Crippen molar-refractivity contribution in [2.75, 3.05) is 7.11 Å². The van der Waals surface area contributed by atoms with Crippen molar-refractivity contribution in [2.24, 2.45) is 11.3 Å². The molecule has 1 aliphatic rings. The van der Waals surface area contributed by atoms with Crippen LogP contribution in [-0.2, 0) is 28.3 Å². The van der Waals surface area contributed by atoms with Crippen LogP contribution in [0.25, 0.3) is 0 Å². The van der Waals surface area contributed by atoms with E-state index in [1.165, 1.54) is 17.5 Å². The monoisotopic (exact) mass is 798 g/mol. The van der Waals surface area contributed by atoms with E-state index in [4.69, 9.17) is 25.5 Å². The van der Waals surface area contributed by atoms with E-state index in [0.29, 0.717) is 24.3 Å².